The van der Waals surface area contributed by atoms with Gasteiger partial charge in [0.05, 0.1) is 6.54 Å². The van der Waals surface area contributed by atoms with E-state index in [0.29, 0.717) is 18.6 Å². The lowest BCUT2D eigenvalue weighted by Crippen LogP contribution is -2.22. The van der Waals surface area contributed by atoms with Crippen molar-refractivity contribution in [2.75, 3.05) is 0 Å². The fourth-order valence-electron chi connectivity index (χ4n) is 1.96. The molecule has 0 amide bonds. The maximum Gasteiger partial charge on any atom is 0.350 e. The summed E-state index contributed by atoms with van der Waals surface area (Å²) in [7, 11) is 1.94. The van der Waals surface area contributed by atoms with E-state index in [9.17, 15) is 4.79 Å². The van der Waals surface area contributed by atoms with Gasteiger partial charge in [-0.05, 0) is 12.1 Å². The van der Waals surface area contributed by atoms with E-state index in [0.717, 1.165) is 5.82 Å². The smallest absolute Gasteiger partial charge is 0.338 e. The number of imidazole rings is 1. The fraction of sp³-hybridized carbons (Fsp3) is 0.250. The molecule has 0 aromatic carbocycles. The second-order valence-electron chi connectivity index (χ2n) is 4.14. The van der Waals surface area contributed by atoms with Gasteiger partial charge in [0.2, 0.25) is 0 Å². The number of aromatic nitrogens is 5. The van der Waals surface area contributed by atoms with Gasteiger partial charge in [-0.2, -0.15) is 0 Å². The molecule has 0 aliphatic rings. The van der Waals surface area contributed by atoms with Crippen molar-refractivity contribution in [3.63, 3.8) is 0 Å². The lowest BCUT2D eigenvalue weighted by atomic mass is 10.4. The van der Waals surface area contributed by atoms with Crippen molar-refractivity contribution in [2.24, 2.45) is 7.05 Å². The Morgan fingerprint density at radius 2 is 2.17 bits per heavy atom. The zero-order valence-electron chi connectivity index (χ0n) is 10.0. The molecule has 0 bridgehead atoms. The van der Waals surface area contributed by atoms with Crippen LogP contribution in [0.3, 0.4) is 0 Å². The molecule has 0 saturated carbocycles. The second-order valence-corrected chi connectivity index (χ2v) is 4.14. The fourth-order valence-corrected chi connectivity index (χ4v) is 1.96. The first-order valence-electron chi connectivity index (χ1n) is 5.76. The van der Waals surface area contributed by atoms with Gasteiger partial charge >= 0.3 is 5.69 Å². The average Bonchev–Trinajstić information content (AvgIpc) is 2.92. The molecule has 3 heterocycles. The van der Waals surface area contributed by atoms with Gasteiger partial charge in [0.15, 0.2) is 5.65 Å². The molecular formula is C12H13N5O. The minimum absolute atomic E-state index is 0.111. The summed E-state index contributed by atoms with van der Waals surface area (Å²) in [6, 6.07) is 5.50. The molecule has 0 unspecified atom stereocenters. The Morgan fingerprint density at radius 1 is 1.28 bits per heavy atom. The Labute approximate surface area is 103 Å². The largest absolute Gasteiger partial charge is 0.350 e. The molecule has 0 radical (unpaired) electrons. The third-order valence-electron chi connectivity index (χ3n) is 2.96. The van der Waals surface area contributed by atoms with Gasteiger partial charge in [0, 0.05) is 32.1 Å². The first-order chi connectivity index (χ1) is 8.75. The van der Waals surface area contributed by atoms with Crippen molar-refractivity contribution < 1.29 is 0 Å². The highest BCUT2D eigenvalue weighted by atomic mass is 16.2. The molecule has 0 aliphatic heterocycles. The molecule has 0 atom stereocenters. The molecule has 6 nitrogen and oxygen atoms in total. The Morgan fingerprint density at radius 3 is 2.89 bits per heavy atom. The number of pyridine rings is 1. The molecule has 3 rings (SSSR count). The normalized spacial score (nSPS) is 11.2. The second kappa shape index (κ2) is 4.14. The molecule has 3 aromatic heterocycles. The lowest BCUT2D eigenvalue weighted by Gasteiger charge is -2.00. The standard InChI is InChI=1S/C12H13N5O/c1-15-9-6-13-10(15)5-8-17-12(18)16-7-3-2-4-11(16)14-17/h2-4,6-7,9H,5,8H2,1H3. The first-order valence-corrected chi connectivity index (χ1v) is 5.76. The van der Waals surface area contributed by atoms with E-state index in [4.69, 9.17) is 0 Å². The maximum atomic E-state index is 12.0. The topological polar surface area (TPSA) is 57.1 Å². The first kappa shape index (κ1) is 10.8. The average molecular weight is 243 g/mol. The predicted octanol–water partition coefficient (Wildman–Crippen LogP) is 0.472. The van der Waals surface area contributed by atoms with Crippen LogP contribution in [0.5, 0.6) is 0 Å². The number of rotatable bonds is 3. The van der Waals surface area contributed by atoms with E-state index >= 15 is 0 Å². The third-order valence-corrected chi connectivity index (χ3v) is 2.96. The van der Waals surface area contributed by atoms with Crippen LogP contribution in [0, 0.1) is 0 Å². The highest BCUT2D eigenvalue weighted by Gasteiger charge is 2.07. The zero-order chi connectivity index (χ0) is 12.5. The van der Waals surface area contributed by atoms with Crippen LogP contribution in [0.4, 0.5) is 0 Å². The summed E-state index contributed by atoms with van der Waals surface area (Å²) >= 11 is 0. The van der Waals surface area contributed by atoms with Crippen LogP contribution < -0.4 is 5.69 Å². The van der Waals surface area contributed by atoms with Crippen LogP contribution in [0.25, 0.3) is 5.65 Å². The Bertz CT molecular complexity index is 736. The quantitative estimate of drug-likeness (QED) is 0.672. The van der Waals surface area contributed by atoms with E-state index < -0.39 is 0 Å². The summed E-state index contributed by atoms with van der Waals surface area (Å²) < 4.78 is 4.96. The molecule has 6 heteroatoms. The van der Waals surface area contributed by atoms with E-state index in [1.165, 1.54) is 4.68 Å². The Kier molecular flexibility index (Phi) is 2.47. The SMILES string of the molecule is Cn1ccnc1CCn1nc2ccccn2c1=O. The third kappa shape index (κ3) is 1.71. The van der Waals surface area contributed by atoms with Gasteiger partial charge in [0.25, 0.3) is 0 Å². The molecule has 18 heavy (non-hydrogen) atoms. The van der Waals surface area contributed by atoms with Crippen LogP contribution in [0.2, 0.25) is 0 Å². The van der Waals surface area contributed by atoms with Crippen LogP contribution in [0.1, 0.15) is 5.82 Å². The number of hydrogen-bond acceptors (Lipinski definition) is 3. The van der Waals surface area contributed by atoms with Crippen LogP contribution in [-0.4, -0.2) is 23.7 Å². The Hall–Kier alpha value is -2.37. The highest BCUT2D eigenvalue weighted by molar-refractivity contribution is 5.35. The van der Waals surface area contributed by atoms with Crippen molar-refractivity contribution in [2.45, 2.75) is 13.0 Å². The summed E-state index contributed by atoms with van der Waals surface area (Å²) in [5.41, 5.74) is 0.558. The van der Waals surface area contributed by atoms with Crippen molar-refractivity contribution >= 4 is 5.65 Å². The van der Waals surface area contributed by atoms with Gasteiger partial charge in [0.1, 0.15) is 5.82 Å². The molecule has 0 fully saturated rings. The van der Waals surface area contributed by atoms with E-state index in [1.807, 2.05) is 36.0 Å². The highest BCUT2D eigenvalue weighted by Crippen LogP contribution is 1.99. The van der Waals surface area contributed by atoms with Gasteiger partial charge in [-0.3, -0.25) is 4.40 Å². The molecule has 0 aliphatic carbocycles. The van der Waals surface area contributed by atoms with Gasteiger partial charge in [-0.15, -0.1) is 5.10 Å². The maximum absolute atomic E-state index is 12.0. The number of fused-ring (bicyclic) bond motifs is 1. The number of hydrogen-bond donors (Lipinski definition) is 0. The van der Waals surface area contributed by atoms with E-state index in [1.54, 1.807) is 16.8 Å². The number of aryl methyl sites for hydroxylation is 3. The lowest BCUT2D eigenvalue weighted by molar-refractivity contribution is 0.571. The summed E-state index contributed by atoms with van der Waals surface area (Å²) in [5.74, 6) is 0.943. The van der Waals surface area contributed by atoms with Crippen molar-refractivity contribution in [3.8, 4) is 0 Å². The molecule has 0 spiro atoms. The van der Waals surface area contributed by atoms with E-state index in [-0.39, 0.29) is 5.69 Å². The summed E-state index contributed by atoms with van der Waals surface area (Å²) in [4.78, 5) is 16.2. The van der Waals surface area contributed by atoms with Crippen LogP contribution in [-0.2, 0) is 20.0 Å². The van der Waals surface area contributed by atoms with Gasteiger partial charge < -0.3 is 4.57 Å². The molecule has 0 N–H and O–H groups in total. The monoisotopic (exact) mass is 243 g/mol. The molecule has 0 saturated heterocycles. The number of nitrogens with zero attached hydrogens (tertiary/aromatic N) is 5. The minimum atomic E-state index is -0.111. The summed E-state index contributed by atoms with van der Waals surface area (Å²) in [5, 5.41) is 4.27. The summed E-state index contributed by atoms with van der Waals surface area (Å²) in [6.07, 6.45) is 6.05. The van der Waals surface area contributed by atoms with Crippen LogP contribution >= 0.6 is 0 Å². The van der Waals surface area contributed by atoms with Crippen molar-refractivity contribution in [1.29, 1.82) is 0 Å². The van der Waals surface area contributed by atoms with E-state index in [2.05, 4.69) is 10.1 Å². The molecular weight excluding hydrogens is 230 g/mol. The van der Waals surface area contributed by atoms with Crippen LogP contribution in [0.15, 0.2) is 41.6 Å². The summed E-state index contributed by atoms with van der Waals surface area (Å²) in [6.45, 7) is 0.533. The van der Waals surface area contributed by atoms with Gasteiger partial charge in [-0.1, -0.05) is 6.07 Å². The van der Waals surface area contributed by atoms with Crippen molar-refractivity contribution in [1.82, 2.24) is 23.7 Å². The molecule has 3 aromatic rings. The van der Waals surface area contributed by atoms with Gasteiger partial charge in [-0.25, -0.2) is 14.5 Å². The van der Waals surface area contributed by atoms with Crippen molar-refractivity contribution in [3.05, 3.63) is 53.1 Å². The molecule has 92 valence electrons. The predicted molar refractivity (Wildman–Crippen MR) is 66.4 cm³/mol. The zero-order valence-corrected chi connectivity index (χ0v) is 10.0. The minimum Gasteiger partial charge on any atom is -0.338 e. The Balaban J connectivity index is 1.89.